The van der Waals surface area contributed by atoms with Gasteiger partial charge >= 0.3 is 0 Å². The summed E-state index contributed by atoms with van der Waals surface area (Å²) in [7, 11) is 0. The molecule has 1 aromatic rings. The van der Waals surface area contributed by atoms with Crippen molar-refractivity contribution in [3.05, 3.63) is 34.9 Å². The molecule has 9 heteroatoms. The minimum atomic E-state index is -0.951. The Morgan fingerprint density at radius 2 is 2.06 bits per heavy atom. The molecule has 4 heterocycles. The van der Waals surface area contributed by atoms with Crippen molar-refractivity contribution in [3.8, 4) is 0 Å². The molecule has 0 aromatic heterocycles. The fourth-order valence-electron chi connectivity index (χ4n) is 5.20. The number of imide groups is 2. The number of fused-ring (bicyclic) bond motifs is 1. The smallest absolute Gasteiger partial charge is 0.262 e. The van der Waals surface area contributed by atoms with Crippen LogP contribution in [0.2, 0.25) is 0 Å². The van der Waals surface area contributed by atoms with Crippen molar-refractivity contribution in [1.82, 2.24) is 20.9 Å². The summed E-state index contributed by atoms with van der Waals surface area (Å²) in [5.74, 6) is -1.93. The number of nitrogens with one attached hydrogen (secondary N) is 3. The zero-order chi connectivity index (χ0) is 21.6. The average molecular weight is 426 g/mol. The van der Waals surface area contributed by atoms with Gasteiger partial charge in [-0.1, -0.05) is 12.1 Å². The molecule has 164 valence electrons. The van der Waals surface area contributed by atoms with Gasteiger partial charge in [0, 0.05) is 25.6 Å². The van der Waals surface area contributed by atoms with Gasteiger partial charge in [-0.15, -0.1) is 0 Å². The molecule has 3 saturated heterocycles. The Hall–Kier alpha value is -2.62. The summed E-state index contributed by atoms with van der Waals surface area (Å²) in [6, 6.07) is 4.43. The summed E-state index contributed by atoms with van der Waals surface area (Å²) in [6.45, 7) is 2.94. The Morgan fingerprint density at radius 3 is 2.84 bits per heavy atom. The lowest BCUT2D eigenvalue weighted by molar-refractivity contribution is -0.136. The maximum absolute atomic E-state index is 13.2. The zero-order valence-electron chi connectivity index (χ0n) is 17.2. The van der Waals surface area contributed by atoms with Gasteiger partial charge in [0.05, 0.1) is 23.3 Å². The predicted octanol–water partition coefficient (Wildman–Crippen LogP) is 0.0885. The van der Waals surface area contributed by atoms with Gasteiger partial charge < -0.3 is 15.4 Å². The van der Waals surface area contributed by atoms with Crippen molar-refractivity contribution in [1.29, 1.82) is 0 Å². The second-order valence-electron chi connectivity index (χ2n) is 8.84. The topological polar surface area (TPSA) is 117 Å². The highest BCUT2D eigenvalue weighted by Gasteiger charge is 2.46. The van der Waals surface area contributed by atoms with Crippen LogP contribution in [0.15, 0.2) is 18.2 Å². The van der Waals surface area contributed by atoms with Gasteiger partial charge in [0.15, 0.2) is 0 Å². The molecule has 0 aliphatic carbocycles. The molecule has 0 saturated carbocycles. The van der Waals surface area contributed by atoms with Crippen LogP contribution < -0.4 is 16.0 Å². The maximum atomic E-state index is 13.2. The first-order valence-corrected chi connectivity index (χ1v) is 10.9. The number of nitrogens with zero attached hydrogens (tertiary/aromatic N) is 1. The van der Waals surface area contributed by atoms with Crippen molar-refractivity contribution in [2.24, 2.45) is 0 Å². The number of hydrogen-bond acceptors (Lipinski definition) is 7. The standard InChI is InChI=1S/C22H26N4O5/c27-17-6-5-16(19(28)25-17)26-20(29)15-4-1-3-13(18(15)21(26)30)10-24-14-9-22(31-11-14)7-2-8-23-12-22/h1,3-4,14,16,23-24H,2,5-12H2,(H,25,27,28). The van der Waals surface area contributed by atoms with E-state index in [1.165, 1.54) is 0 Å². The van der Waals surface area contributed by atoms with Crippen LogP contribution in [0.1, 0.15) is 58.4 Å². The quantitative estimate of drug-likeness (QED) is 0.584. The lowest BCUT2D eigenvalue weighted by Crippen LogP contribution is -2.54. The van der Waals surface area contributed by atoms with Crippen molar-refractivity contribution < 1.29 is 23.9 Å². The minimum absolute atomic E-state index is 0.108. The fraction of sp³-hybridized carbons (Fsp3) is 0.545. The van der Waals surface area contributed by atoms with Crippen LogP contribution >= 0.6 is 0 Å². The van der Waals surface area contributed by atoms with Crippen molar-refractivity contribution in [2.45, 2.75) is 56.3 Å². The number of hydrogen-bond donors (Lipinski definition) is 3. The average Bonchev–Trinajstić information content (AvgIpc) is 3.26. The van der Waals surface area contributed by atoms with Gasteiger partial charge in [0.25, 0.3) is 11.8 Å². The van der Waals surface area contributed by atoms with E-state index in [0.29, 0.717) is 24.3 Å². The Morgan fingerprint density at radius 1 is 1.19 bits per heavy atom. The van der Waals surface area contributed by atoms with Gasteiger partial charge in [0.2, 0.25) is 11.8 Å². The summed E-state index contributed by atoms with van der Waals surface area (Å²) < 4.78 is 6.10. The second-order valence-corrected chi connectivity index (χ2v) is 8.84. The number of benzene rings is 1. The van der Waals surface area contributed by atoms with E-state index in [1.807, 2.05) is 6.07 Å². The summed E-state index contributed by atoms with van der Waals surface area (Å²) in [4.78, 5) is 50.8. The molecule has 1 aromatic carbocycles. The van der Waals surface area contributed by atoms with E-state index in [2.05, 4.69) is 16.0 Å². The molecule has 0 radical (unpaired) electrons. The van der Waals surface area contributed by atoms with E-state index in [0.717, 1.165) is 42.8 Å². The van der Waals surface area contributed by atoms with E-state index in [-0.39, 0.29) is 30.4 Å². The second kappa shape index (κ2) is 7.81. The van der Waals surface area contributed by atoms with Crippen LogP contribution in [-0.4, -0.2) is 65.9 Å². The highest BCUT2D eigenvalue weighted by atomic mass is 16.5. The van der Waals surface area contributed by atoms with E-state index in [1.54, 1.807) is 12.1 Å². The van der Waals surface area contributed by atoms with Crippen LogP contribution in [0.3, 0.4) is 0 Å². The van der Waals surface area contributed by atoms with Crippen LogP contribution in [0.5, 0.6) is 0 Å². The highest BCUT2D eigenvalue weighted by molar-refractivity contribution is 6.24. The van der Waals surface area contributed by atoms with Crippen molar-refractivity contribution in [3.63, 3.8) is 0 Å². The number of ether oxygens (including phenoxy) is 1. The summed E-state index contributed by atoms with van der Waals surface area (Å²) in [5, 5.41) is 9.11. The van der Waals surface area contributed by atoms with Gasteiger partial charge in [-0.3, -0.25) is 29.4 Å². The van der Waals surface area contributed by atoms with Crippen LogP contribution in [0.25, 0.3) is 0 Å². The molecule has 31 heavy (non-hydrogen) atoms. The van der Waals surface area contributed by atoms with E-state index in [9.17, 15) is 19.2 Å². The van der Waals surface area contributed by atoms with Crippen molar-refractivity contribution >= 4 is 23.6 Å². The van der Waals surface area contributed by atoms with E-state index in [4.69, 9.17) is 4.74 Å². The van der Waals surface area contributed by atoms with E-state index >= 15 is 0 Å². The molecule has 9 nitrogen and oxygen atoms in total. The van der Waals surface area contributed by atoms with Crippen molar-refractivity contribution in [2.75, 3.05) is 19.7 Å². The molecule has 3 unspecified atom stereocenters. The number of carbonyl (C=O) groups excluding carboxylic acids is 4. The van der Waals surface area contributed by atoms with Gasteiger partial charge in [-0.05, 0) is 43.9 Å². The summed E-state index contributed by atoms with van der Waals surface area (Å²) in [6.07, 6.45) is 3.32. The van der Waals surface area contributed by atoms with Crippen LogP contribution in [-0.2, 0) is 20.9 Å². The fourth-order valence-corrected chi connectivity index (χ4v) is 5.20. The van der Waals surface area contributed by atoms with Crippen LogP contribution in [0, 0.1) is 0 Å². The lowest BCUT2D eigenvalue weighted by Gasteiger charge is -2.33. The normalized spacial score (nSPS) is 30.8. The molecule has 4 aliphatic heterocycles. The Bertz CT molecular complexity index is 955. The monoisotopic (exact) mass is 426 g/mol. The molecule has 4 aliphatic rings. The lowest BCUT2D eigenvalue weighted by atomic mass is 9.90. The molecule has 3 atom stereocenters. The maximum Gasteiger partial charge on any atom is 0.262 e. The highest BCUT2D eigenvalue weighted by Crippen LogP contribution is 2.33. The first-order chi connectivity index (χ1) is 15.0. The van der Waals surface area contributed by atoms with Gasteiger partial charge in [-0.2, -0.15) is 0 Å². The number of amides is 4. The Balaban J connectivity index is 1.30. The summed E-state index contributed by atoms with van der Waals surface area (Å²) >= 11 is 0. The molecule has 0 bridgehead atoms. The third-order valence-electron chi connectivity index (χ3n) is 6.78. The number of rotatable bonds is 4. The van der Waals surface area contributed by atoms with E-state index < -0.39 is 23.8 Å². The predicted molar refractivity (Wildman–Crippen MR) is 109 cm³/mol. The van der Waals surface area contributed by atoms with Crippen LogP contribution in [0.4, 0.5) is 0 Å². The SMILES string of the molecule is O=C1CCC(N2C(=O)c3cccc(CNC4COC5(CCCNC5)C4)c3C2=O)C(=O)N1. The first kappa shape index (κ1) is 20.3. The third kappa shape index (κ3) is 3.56. The molecule has 4 amide bonds. The van der Waals surface area contributed by atoms with Gasteiger partial charge in [-0.25, -0.2) is 0 Å². The summed E-state index contributed by atoms with van der Waals surface area (Å²) in [5.41, 5.74) is 1.28. The molecule has 5 rings (SSSR count). The molecular weight excluding hydrogens is 400 g/mol. The van der Waals surface area contributed by atoms with Gasteiger partial charge in [0.1, 0.15) is 6.04 Å². The zero-order valence-corrected chi connectivity index (χ0v) is 17.2. The molecule has 1 spiro atoms. The molecule has 3 fully saturated rings. The number of carbonyl (C=O) groups is 4. The minimum Gasteiger partial charge on any atom is -0.372 e. The largest absolute Gasteiger partial charge is 0.372 e. The Labute approximate surface area is 179 Å². The molecule has 3 N–H and O–H groups in total. The molecular formula is C22H26N4O5. The first-order valence-electron chi connectivity index (χ1n) is 10.9. The third-order valence-corrected chi connectivity index (χ3v) is 6.78. The number of piperidine rings is 2. The Kier molecular flexibility index (Phi) is 5.11.